The summed E-state index contributed by atoms with van der Waals surface area (Å²) in [7, 11) is 0. The van der Waals surface area contributed by atoms with E-state index in [4.69, 9.17) is 4.74 Å². The molecule has 0 radical (unpaired) electrons. The number of carbonyl (C=O) groups is 1. The molecular weight excluding hydrogens is 276 g/mol. The summed E-state index contributed by atoms with van der Waals surface area (Å²) in [5.74, 6) is 1.06. The van der Waals surface area contributed by atoms with Gasteiger partial charge in [0.1, 0.15) is 6.61 Å². The van der Waals surface area contributed by atoms with Gasteiger partial charge in [0, 0.05) is 13.1 Å². The van der Waals surface area contributed by atoms with E-state index in [0.29, 0.717) is 12.0 Å². The van der Waals surface area contributed by atoms with Crippen molar-refractivity contribution >= 4 is 5.91 Å². The van der Waals surface area contributed by atoms with Crippen LogP contribution >= 0.6 is 0 Å². The lowest BCUT2D eigenvalue weighted by Crippen LogP contribution is -2.45. The zero-order valence-corrected chi connectivity index (χ0v) is 15.5. The molecule has 0 aromatic rings. The fourth-order valence-electron chi connectivity index (χ4n) is 2.98. The van der Waals surface area contributed by atoms with Crippen LogP contribution < -0.4 is 5.32 Å². The first kappa shape index (κ1) is 19.4. The molecule has 2 saturated heterocycles. The van der Waals surface area contributed by atoms with E-state index < -0.39 is 0 Å². The molecule has 2 fully saturated rings. The van der Waals surface area contributed by atoms with Crippen LogP contribution in [0.1, 0.15) is 54.4 Å². The molecule has 22 heavy (non-hydrogen) atoms. The summed E-state index contributed by atoms with van der Waals surface area (Å²) < 4.78 is 5.04. The van der Waals surface area contributed by atoms with Crippen LogP contribution in [-0.2, 0) is 9.53 Å². The summed E-state index contributed by atoms with van der Waals surface area (Å²) in [6.45, 7) is 18.4. The molecule has 0 bridgehead atoms. The van der Waals surface area contributed by atoms with Crippen molar-refractivity contribution in [1.29, 1.82) is 0 Å². The molecule has 0 saturated carbocycles. The van der Waals surface area contributed by atoms with Crippen molar-refractivity contribution in [2.24, 2.45) is 16.7 Å². The number of nitrogens with one attached hydrogen (secondary N) is 1. The Bertz CT molecular complexity index is 336. The standard InChI is InChI=1S/C9H17NO2.C9H19N/c1-9(2,3)7-10-4-5-12-6-8(10)11;1-9(2,3)8-4-6-10-7-5-8/h4-7H2,1-3H3;8,10H,4-7H2,1-3H3. The molecule has 2 aliphatic rings. The highest BCUT2D eigenvalue weighted by Gasteiger charge is 2.25. The maximum atomic E-state index is 11.3. The van der Waals surface area contributed by atoms with Gasteiger partial charge in [0.15, 0.2) is 0 Å². The summed E-state index contributed by atoms with van der Waals surface area (Å²) in [6, 6.07) is 0. The van der Waals surface area contributed by atoms with E-state index >= 15 is 0 Å². The number of amides is 1. The predicted octanol–water partition coefficient (Wildman–Crippen LogP) is 2.92. The molecule has 2 aliphatic heterocycles. The van der Waals surface area contributed by atoms with Crippen molar-refractivity contribution < 1.29 is 9.53 Å². The average Bonchev–Trinajstić information content (AvgIpc) is 2.41. The van der Waals surface area contributed by atoms with Crippen molar-refractivity contribution in [3.63, 3.8) is 0 Å². The predicted molar refractivity (Wildman–Crippen MR) is 91.9 cm³/mol. The fourth-order valence-corrected chi connectivity index (χ4v) is 2.98. The zero-order chi connectivity index (χ0) is 16.8. The highest BCUT2D eigenvalue weighted by atomic mass is 16.5. The van der Waals surface area contributed by atoms with Crippen LogP contribution in [0.4, 0.5) is 0 Å². The highest BCUT2D eigenvalue weighted by Crippen LogP contribution is 2.32. The van der Waals surface area contributed by atoms with Crippen LogP contribution in [0.15, 0.2) is 0 Å². The molecule has 1 amide bonds. The van der Waals surface area contributed by atoms with Gasteiger partial charge < -0.3 is 15.0 Å². The minimum absolute atomic E-state index is 0.121. The van der Waals surface area contributed by atoms with Crippen LogP contribution in [0, 0.1) is 16.7 Å². The number of nitrogens with zero attached hydrogens (tertiary/aromatic N) is 1. The topological polar surface area (TPSA) is 41.6 Å². The molecule has 2 heterocycles. The maximum Gasteiger partial charge on any atom is 0.248 e. The van der Waals surface area contributed by atoms with Gasteiger partial charge in [0.05, 0.1) is 6.61 Å². The molecule has 0 aromatic carbocycles. The van der Waals surface area contributed by atoms with Crippen LogP contribution in [0.5, 0.6) is 0 Å². The molecule has 130 valence electrons. The van der Waals surface area contributed by atoms with Crippen molar-refractivity contribution in [3.8, 4) is 0 Å². The fraction of sp³-hybridized carbons (Fsp3) is 0.944. The van der Waals surface area contributed by atoms with Crippen molar-refractivity contribution in [2.75, 3.05) is 39.4 Å². The number of rotatable bonds is 1. The monoisotopic (exact) mass is 312 g/mol. The lowest BCUT2D eigenvalue weighted by molar-refractivity contribution is -0.144. The Kier molecular flexibility index (Phi) is 7.33. The first-order valence-electron chi connectivity index (χ1n) is 8.66. The largest absolute Gasteiger partial charge is 0.370 e. The summed E-state index contributed by atoms with van der Waals surface area (Å²) >= 11 is 0. The Morgan fingerprint density at radius 2 is 1.73 bits per heavy atom. The van der Waals surface area contributed by atoms with E-state index in [1.807, 2.05) is 4.90 Å². The van der Waals surface area contributed by atoms with Crippen LogP contribution in [0.2, 0.25) is 0 Å². The molecule has 1 N–H and O–H groups in total. The average molecular weight is 312 g/mol. The molecule has 0 spiro atoms. The number of ether oxygens (including phenoxy) is 1. The molecule has 2 rings (SSSR count). The Balaban J connectivity index is 0.000000224. The first-order chi connectivity index (χ1) is 10.1. The van der Waals surface area contributed by atoms with Gasteiger partial charge in [-0.05, 0) is 42.7 Å². The third-order valence-electron chi connectivity index (χ3n) is 4.31. The van der Waals surface area contributed by atoms with Crippen molar-refractivity contribution in [1.82, 2.24) is 10.2 Å². The second-order valence-electron chi connectivity index (χ2n) is 8.82. The summed E-state index contributed by atoms with van der Waals surface area (Å²) in [5, 5.41) is 3.39. The zero-order valence-electron chi connectivity index (χ0n) is 15.5. The third-order valence-corrected chi connectivity index (χ3v) is 4.31. The Morgan fingerprint density at radius 1 is 1.14 bits per heavy atom. The molecule has 4 heteroatoms. The molecule has 0 aliphatic carbocycles. The van der Waals surface area contributed by atoms with E-state index in [2.05, 4.69) is 46.9 Å². The minimum atomic E-state index is 0.121. The van der Waals surface area contributed by atoms with Crippen molar-refractivity contribution in [3.05, 3.63) is 0 Å². The van der Waals surface area contributed by atoms with Crippen LogP contribution in [0.25, 0.3) is 0 Å². The Labute approximate surface area is 137 Å². The number of carbonyl (C=O) groups excluding carboxylic acids is 1. The molecule has 0 atom stereocenters. The van der Waals surface area contributed by atoms with Gasteiger partial charge in [-0.1, -0.05) is 41.5 Å². The quantitative estimate of drug-likeness (QED) is 0.809. The SMILES string of the molecule is CC(C)(C)C1CCNCC1.CC(C)(C)CN1CCOCC1=O. The van der Waals surface area contributed by atoms with Gasteiger partial charge >= 0.3 is 0 Å². The smallest absolute Gasteiger partial charge is 0.248 e. The minimum Gasteiger partial charge on any atom is -0.370 e. The summed E-state index contributed by atoms with van der Waals surface area (Å²) in [4.78, 5) is 13.2. The van der Waals surface area contributed by atoms with E-state index in [-0.39, 0.29) is 17.9 Å². The number of piperidine rings is 1. The second-order valence-corrected chi connectivity index (χ2v) is 8.82. The van der Waals surface area contributed by atoms with Gasteiger partial charge in [-0.25, -0.2) is 0 Å². The normalized spacial score (nSPS) is 21.4. The number of morpholine rings is 1. The van der Waals surface area contributed by atoms with E-state index in [1.165, 1.54) is 25.9 Å². The molecule has 0 aromatic heterocycles. The second kappa shape index (κ2) is 8.30. The van der Waals surface area contributed by atoms with E-state index in [9.17, 15) is 4.79 Å². The molecular formula is C18H36N2O2. The molecule has 0 unspecified atom stereocenters. The van der Waals surface area contributed by atoms with Gasteiger partial charge in [-0.2, -0.15) is 0 Å². The Morgan fingerprint density at radius 3 is 2.14 bits per heavy atom. The van der Waals surface area contributed by atoms with E-state index in [0.717, 1.165) is 19.0 Å². The van der Waals surface area contributed by atoms with Crippen molar-refractivity contribution in [2.45, 2.75) is 54.4 Å². The third kappa shape index (κ3) is 7.59. The van der Waals surface area contributed by atoms with E-state index in [1.54, 1.807) is 0 Å². The molecule has 4 nitrogen and oxygen atoms in total. The summed E-state index contributed by atoms with van der Waals surface area (Å²) in [5.41, 5.74) is 0.717. The van der Waals surface area contributed by atoms with Gasteiger partial charge in [0.2, 0.25) is 5.91 Å². The van der Waals surface area contributed by atoms with Gasteiger partial charge in [-0.15, -0.1) is 0 Å². The Hall–Kier alpha value is -0.610. The van der Waals surface area contributed by atoms with Crippen LogP contribution in [0.3, 0.4) is 0 Å². The highest BCUT2D eigenvalue weighted by molar-refractivity contribution is 5.78. The van der Waals surface area contributed by atoms with Crippen LogP contribution in [-0.4, -0.2) is 50.2 Å². The lowest BCUT2D eigenvalue weighted by Gasteiger charge is -2.34. The lowest BCUT2D eigenvalue weighted by atomic mass is 9.76. The van der Waals surface area contributed by atoms with Gasteiger partial charge in [0.25, 0.3) is 0 Å². The summed E-state index contributed by atoms with van der Waals surface area (Å²) in [6.07, 6.45) is 2.73. The number of hydrogen-bond donors (Lipinski definition) is 1. The number of hydrogen-bond acceptors (Lipinski definition) is 3. The first-order valence-corrected chi connectivity index (χ1v) is 8.66. The van der Waals surface area contributed by atoms with Gasteiger partial charge in [-0.3, -0.25) is 4.79 Å². The maximum absolute atomic E-state index is 11.3.